The predicted octanol–water partition coefficient (Wildman–Crippen LogP) is 3.76. The smallest absolute Gasteiger partial charge is 0.303 e. The lowest BCUT2D eigenvalue weighted by Crippen LogP contribution is -2.48. The maximum Gasteiger partial charge on any atom is 0.303 e. The van der Waals surface area contributed by atoms with Crippen LogP contribution in [0.25, 0.3) is 0 Å². The number of aliphatic carboxylic acids is 1. The van der Waals surface area contributed by atoms with Gasteiger partial charge in [-0.1, -0.05) is 47.5 Å². The zero-order valence-corrected chi connectivity index (χ0v) is 21.2. The molecule has 0 spiro atoms. The van der Waals surface area contributed by atoms with Crippen LogP contribution in [0, 0.1) is 11.5 Å². The zero-order valence-electron chi connectivity index (χ0n) is 19.7. The molecule has 3 rings (SSSR count). The van der Waals surface area contributed by atoms with Crippen molar-refractivity contribution in [3.8, 4) is 6.19 Å². The summed E-state index contributed by atoms with van der Waals surface area (Å²) in [6.45, 7) is 2.83. The summed E-state index contributed by atoms with van der Waals surface area (Å²) in [5.41, 5.74) is 2.40. The van der Waals surface area contributed by atoms with E-state index in [-0.39, 0.29) is 31.3 Å². The fraction of sp³-hybridized carbons (Fsp3) is 0.320. The van der Waals surface area contributed by atoms with Crippen molar-refractivity contribution in [1.29, 1.82) is 5.26 Å². The monoisotopic (exact) mass is 528 g/mol. The molecule has 0 fully saturated rings. The second-order valence-electron chi connectivity index (χ2n) is 7.98. The molecule has 1 heterocycles. The number of rotatable bonds is 9. The number of benzene rings is 2. The molecule has 188 valence electrons. The molecule has 36 heavy (non-hydrogen) atoms. The minimum atomic E-state index is -1.03. The average Bonchev–Trinajstić information content (AvgIpc) is 3.29. The first-order valence-electron chi connectivity index (χ1n) is 11.4. The second-order valence-corrected chi connectivity index (χ2v) is 8.86. The van der Waals surface area contributed by atoms with E-state index in [1.54, 1.807) is 22.0 Å². The van der Waals surface area contributed by atoms with Gasteiger partial charge in [0.1, 0.15) is 0 Å². The average molecular weight is 529 g/mol. The van der Waals surface area contributed by atoms with E-state index in [9.17, 15) is 14.9 Å². The van der Waals surface area contributed by atoms with Gasteiger partial charge in [-0.15, -0.1) is 0 Å². The van der Waals surface area contributed by atoms with Crippen LogP contribution >= 0.6 is 23.2 Å². The van der Waals surface area contributed by atoms with Gasteiger partial charge in [0.05, 0.1) is 24.7 Å². The van der Waals surface area contributed by atoms with Gasteiger partial charge in [0.25, 0.3) is 0 Å². The van der Waals surface area contributed by atoms with E-state index in [1.807, 2.05) is 49.5 Å². The van der Waals surface area contributed by atoms with E-state index in [2.05, 4.69) is 10.3 Å². The molecule has 0 bridgehead atoms. The third-order valence-electron chi connectivity index (χ3n) is 5.61. The van der Waals surface area contributed by atoms with Gasteiger partial charge in [-0.2, -0.15) is 10.4 Å². The molecule has 2 aromatic rings. The number of nitriles is 1. The molecule has 0 saturated heterocycles. The molecular formula is C25H26Cl2N6O3. The van der Waals surface area contributed by atoms with Gasteiger partial charge < -0.3 is 10.0 Å². The number of hydrazone groups is 1. The number of carboxylic acid groups (broad SMARTS) is 1. The number of carbonyl (C=O) groups is 2. The Balaban J connectivity index is 1.87. The number of aliphatic imine (C=N–C) groups is 1. The number of likely N-dealkylation sites (N-methyl/N-ethyl adjacent to an activating group) is 1. The molecule has 0 aromatic heterocycles. The van der Waals surface area contributed by atoms with Crippen molar-refractivity contribution >= 4 is 46.7 Å². The van der Waals surface area contributed by atoms with Crippen molar-refractivity contribution in [2.24, 2.45) is 10.1 Å². The topological polar surface area (TPSA) is 121 Å². The van der Waals surface area contributed by atoms with Crippen molar-refractivity contribution in [1.82, 2.24) is 15.2 Å². The lowest BCUT2D eigenvalue weighted by molar-refractivity contribution is -0.141. The van der Waals surface area contributed by atoms with Gasteiger partial charge >= 0.3 is 5.97 Å². The molecule has 11 heteroatoms. The summed E-state index contributed by atoms with van der Waals surface area (Å²) in [5.74, 6) is -1.07. The molecule has 1 aliphatic heterocycles. The number of halogens is 2. The normalized spacial score (nSPS) is 15.3. The van der Waals surface area contributed by atoms with Crippen LogP contribution < -0.4 is 5.32 Å². The van der Waals surface area contributed by atoms with Crippen LogP contribution in [-0.4, -0.2) is 64.2 Å². The molecule has 1 atom stereocenters. The molecule has 2 N–H and O–H groups in total. The van der Waals surface area contributed by atoms with Crippen LogP contribution in [0.15, 0.2) is 58.6 Å². The lowest BCUT2D eigenvalue weighted by atomic mass is 10.0. The first kappa shape index (κ1) is 27.0. The number of hydrogen-bond donors (Lipinski definition) is 2. The maximum absolute atomic E-state index is 12.9. The summed E-state index contributed by atoms with van der Waals surface area (Å²) in [5, 5.41) is 28.4. The van der Waals surface area contributed by atoms with Gasteiger partial charge in [0.15, 0.2) is 6.19 Å². The number of carbonyl (C=O) groups excluding carboxylic acids is 1. The quantitative estimate of drug-likeness (QED) is 0.221. The molecule has 1 amide bonds. The number of hydrogen-bond acceptors (Lipinski definition) is 5. The third kappa shape index (κ3) is 7.20. The Labute approximate surface area is 219 Å². The highest BCUT2D eigenvalue weighted by Gasteiger charge is 2.36. The van der Waals surface area contributed by atoms with Crippen molar-refractivity contribution in [3.63, 3.8) is 0 Å². The Morgan fingerprint density at radius 1 is 1.17 bits per heavy atom. The van der Waals surface area contributed by atoms with E-state index in [1.165, 1.54) is 0 Å². The van der Waals surface area contributed by atoms with Gasteiger partial charge in [-0.25, -0.2) is 5.01 Å². The summed E-state index contributed by atoms with van der Waals surface area (Å²) in [7, 11) is 0. The van der Waals surface area contributed by atoms with Crippen molar-refractivity contribution in [2.75, 3.05) is 19.6 Å². The van der Waals surface area contributed by atoms with Gasteiger partial charge in [-0.3, -0.25) is 19.9 Å². The molecule has 0 aliphatic carbocycles. The molecular weight excluding hydrogens is 503 g/mol. The summed E-state index contributed by atoms with van der Waals surface area (Å²) in [6.07, 6.45) is 2.16. The summed E-state index contributed by atoms with van der Waals surface area (Å²) in [6, 6.07) is 14.1. The fourth-order valence-electron chi connectivity index (χ4n) is 3.84. The number of guanidine groups is 1. The zero-order chi connectivity index (χ0) is 26.1. The Morgan fingerprint density at radius 3 is 2.39 bits per heavy atom. The SMILES string of the molecule is CCN(C(=O)CCC(=O)O)C1CN(C(=NCCc2ccc(Cl)cc2)NC#N)N=C1c1ccc(Cl)cc1. The lowest BCUT2D eigenvalue weighted by Gasteiger charge is -2.29. The number of amides is 1. The van der Waals surface area contributed by atoms with Crippen LogP contribution in [0.4, 0.5) is 0 Å². The predicted molar refractivity (Wildman–Crippen MR) is 139 cm³/mol. The fourth-order valence-corrected chi connectivity index (χ4v) is 4.10. The van der Waals surface area contributed by atoms with Crippen LogP contribution in [0.3, 0.4) is 0 Å². The molecule has 1 unspecified atom stereocenters. The first-order valence-corrected chi connectivity index (χ1v) is 12.1. The van der Waals surface area contributed by atoms with E-state index >= 15 is 0 Å². The number of nitrogens with zero attached hydrogens (tertiary/aromatic N) is 5. The van der Waals surface area contributed by atoms with Crippen LogP contribution in [-0.2, 0) is 16.0 Å². The van der Waals surface area contributed by atoms with Crippen LogP contribution in [0.5, 0.6) is 0 Å². The molecule has 0 radical (unpaired) electrons. The van der Waals surface area contributed by atoms with E-state index < -0.39 is 12.0 Å². The Bertz CT molecular complexity index is 1180. The van der Waals surface area contributed by atoms with Gasteiger partial charge in [-0.05, 0) is 43.2 Å². The Morgan fingerprint density at radius 2 is 1.81 bits per heavy atom. The molecule has 0 saturated carbocycles. The van der Waals surface area contributed by atoms with Gasteiger partial charge in [0.2, 0.25) is 11.9 Å². The highest BCUT2D eigenvalue weighted by Crippen LogP contribution is 2.22. The van der Waals surface area contributed by atoms with E-state index in [0.717, 1.165) is 11.1 Å². The maximum atomic E-state index is 12.9. The van der Waals surface area contributed by atoms with Gasteiger partial charge in [0, 0.05) is 35.1 Å². The van der Waals surface area contributed by atoms with E-state index in [4.69, 9.17) is 33.4 Å². The number of nitrogens with one attached hydrogen (secondary N) is 1. The first-order chi connectivity index (χ1) is 17.3. The summed E-state index contributed by atoms with van der Waals surface area (Å²) < 4.78 is 0. The van der Waals surface area contributed by atoms with Crippen LogP contribution in [0.1, 0.15) is 30.9 Å². The van der Waals surface area contributed by atoms with Crippen molar-refractivity contribution < 1.29 is 14.7 Å². The third-order valence-corrected chi connectivity index (χ3v) is 6.11. The Hall–Kier alpha value is -3.61. The van der Waals surface area contributed by atoms with Crippen LogP contribution in [0.2, 0.25) is 10.0 Å². The van der Waals surface area contributed by atoms with Crippen molar-refractivity contribution in [3.05, 3.63) is 69.7 Å². The van der Waals surface area contributed by atoms with Crippen molar-refractivity contribution in [2.45, 2.75) is 32.2 Å². The molecule has 9 nitrogen and oxygen atoms in total. The highest BCUT2D eigenvalue weighted by molar-refractivity contribution is 6.31. The standard InChI is InChI=1S/C25H26Cl2N6O3/c1-2-32(22(34)11-12-23(35)36)21-15-33(31-24(21)18-5-9-20(27)10-6-18)25(30-16-28)29-14-13-17-3-7-19(26)8-4-17/h3-10,21H,2,11-15H2,1H3,(H,29,30)(H,35,36). The Kier molecular flexibility index (Phi) is 9.68. The molecule has 1 aliphatic rings. The minimum absolute atomic E-state index is 0.119. The summed E-state index contributed by atoms with van der Waals surface area (Å²) >= 11 is 12.0. The largest absolute Gasteiger partial charge is 0.481 e. The highest BCUT2D eigenvalue weighted by atomic mass is 35.5. The van der Waals surface area contributed by atoms with E-state index in [0.29, 0.717) is 35.3 Å². The minimum Gasteiger partial charge on any atom is -0.481 e. The molecule has 2 aromatic carbocycles. The summed E-state index contributed by atoms with van der Waals surface area (Å²) in [4.78, 5) is 30.1. The second kappa shape index (κ2) is 12.9. The number of carboxylic acids is 1.